The molecule has 2 aromatic heterocycles. The summed E-state index contributed by atoms with van der Waals surface area (Å²) in [4.78, 5) is 14.8. The van der Waals surface area contributed by atoms with E-state index >= 15 is 0 Å². The van der Waals surface area contributed by atoms with Gasteiger partial charge >= 0.3 is 0 Å². The van der Waals surface area contributed by atoms with Crippen LogP contribution in [0.3, 0.4) is 0 Å². The third-order valence-corrected chi connectivity index (χ3v) is 7.06. The molecule has 2 aliphatic heterocycles. The average Bonchev–Trinajstić information content (AvgIpc) is 3.16. The SMILES string of the molecule is Cc1noc(C)c1C(=O)N1CCc2nnc(C3CCCCN3S(C)(=O)=O)n2CC1. The normalized spacial score (nSPS) is 21.1. The van der Waals surface area contributed by atoms with Crippen molar-refractivity contribution in [1.29, 1.82) is 0 Å². The Morgan fingerprint density at radius 1 is 1.10 bits per heavy atom. The van der Waals surface area contributed by atoms with E-state index < -0.39 is 10.0 Å². The Hall–Kier alpha value is -2.27. The van der Waals surface area contributed by atoms with Gasteiger partial charge in [0.15, 0.2) is 5.82 Å². The van der Waals surface area contributed by atoms with Crippen LogP contribution in [0.25, 0.3) is 0 Å². The van der Waals surface area contributed by atoms with Gasteiger partial charge in [-0.25, -0.2) is 8.42 Å². The number of rotatable bonds is 3. The quantitative estimate of drug-likeness (QED) is 0.727. The Morgan fingerprint density at radius 3 is 2.59 bits per heavy atom. The van der Waals surface area contributed by atoms with E-state index in [1.165, 1.54) is 10.6 Å². The van der Waals surface area contributed by atoms with E-state index in [2.05, 4.69) is 15.4 Å². The van der Waals surface area contributed by atoms with Gasteiger partial charge < -0.3 is 14.0 Å². The van der Waals surface area contributed by atoms with E-state index in [0.29, 0.717) is 55.4 Å². The molecule has 0 aliphatic carbocycles. The van der Waals surface area contributed by atoms with Crippen molar-refractivity contribution in [2.75, 3.05) is 25.9 Å². The molecule has 0 aromatic carbocycles. The molecule has 0 N–H and O–H groups in total. The molecule has 11 heteroatoms. The molecule has 0 radical (unpaired) electrons. The number of aryl methyl sites for hydroxylation is 2. The zero-order valence-corrected chi connectivity index (χ0v) is 17.8. The van der Waals surface area contributed by atoms with Crippen molar-refractivity contribution < 1.29 is 17.7 Å². The summed E-state index contributed by atoms with van der Waals surface area (Å²) in [5, 5.41) is 12.6. The molecule has 4 rings (SSSR count). The van der Waals surface area contributed by atoms with Gasteiger partial charge in [0.2, 0.25) is 10.0 Å². The van der Waals surface area contributed by atoms with Crippen LogP contribution in [0.15, 0.2) is 4.52 Å². The largest absolute Gasteiger partial charge is 0.361 e. The third kappa shape index (κ3) is 3.68. The zero-order valence-electron chi connectivity index (χ0n) is 17.0. The number of fused-ring (bicyclic) bond motifs is 1. The predicted molar refractivity (Wildman–Crippen MR) is 104 cm³/mol. The van der Waals surface area contributed by atoms with E-state index in [-0.39, 0.29) is 11.9 Å². The predicted octanol–water partition coefficient (Wildman–Crippen LogP) is 1.07. The first-order valence-corrected chi connectivity index (χ1v) is 11.7. The fourth-order valence-corrected chi connectivity index (χ4v) is 5.42. The molecule has 2 aromatic rings. The summed E-state index contributed by atoms with van der Waals surface area (Å²) in [6.07, 6.45) is 4.34. The number of nitrogens with zero attached hydrogens (tertiary/aromatic N) is 6. The number of carbonyl (C=O) groups excluding carboxylic acids is 1. The summed E-state index contributed by atoms with van der Waals surface area (Å²) >= 11 is 0. The van der Waals surface area contributed by atoms with Gasteiger partial charge in [-0.2, -0.15) is 4.31 Å². The monoisotopic (exact) mass is 422 g/mol. The zero-order chi connectivity index (χ0) is 20.8. The third-order valence-electron chi connectivity index (χ3n) is 5.77. The number of sulfonamides is 1. The summed E-state index contributed by atoms with van der Waals surface area (Å²) in [6.45, 7) is 5.54. The number of hydrogen-bond donors (Lipinski definition) is 0. The molecular weight excluding hydrogens is 396 g/mol. The highest BCUT2D eigenvalue weighted by Crippen LogP contribution is 2.32. The molecule has 29 heavy (non-hydrogen) atoms. The van der Waals surface area contributed by atoms with Gasteiger partial charge in [0.25, 0.3) is 5.91 Å². The molecule has 1 amide bonds. The lowest BCUT2D eigenvalue weighted by molar-refractivity contribution is 0.0756. The summed E-state index contributed by atoms with van der Waals surface area (Å²) < 4.78 is 33.2. The molecule has 4 heterocycles. The van der Waals surface area contributed by atoms with E-state index in [4.69, 9.17) is 4.52 Å². The smallest absolute Gasteiger partial charge is 0.259 e. The number of hydrogen-bond acceptors (Lipinski definition) is 7. The molecule has 1 saturated heterocycles. The van der Waals surface area contributed by atoms with Crippen LogP contribution in [0.5, 0.6) is 0 Å². The molecule has 0 bridgehead atoms. The summed E-state index contributed by atoms with van der Waals surface area (Å²) in [7, 11) is -3.33. The first-order chi connectivity index (χ1) is 13.8. The standard InChI is InChI=1S/C18H26N6O4S/c1-12-16(13(2)28-21-12)18(25)22-9-7-15-19-20-17(23(15)11-10-22)14-6-4-5-8-24(14)29(3,26)27/h14H,4-11H2,1-3H3. The van der Waals surface area contributed by atoms with Gasteiger partial charge in [-0.1, -0.05) is 11.6 Å². The van der Waals surface area contributed by atoms with Crippen molar-refractivity contribution in [3.05, 3.63) is 28.7 Å². The van der Waals surface area contributed by atoms with Crippen molar-refractivity contribution in [2.45, 2.75) is 52.1 Å². The van der Waals surface area contributed by atoms with Crippen LogP contribution in [-0.4, -0.2) is 69.3 Å². The molecule has 158 valence electrons. The first-order valence-electron chi connectivity index (χ1n) is 9.88. The highest BCUT2D eigenvalue weighted by atomic mass is 32.2. The fraction of sp³-hybridized carbons (Fsp3) is 0.667. The summed E-state index contributed by atoms with van der Waals surface area (Å²) in [6, 6.07) is -0.301. The van der Waals surface area contributed by atoms with E-state index in [9.17, 15) is 13.2 Å². The molecule has 0 spiro atoms. The maximum Gasteiger partial charge on any atom is 0.259 e. The molecule has 0 saturated carbocycles. The van der Waals surface area contributed by atoms with Crippen LogP contribution in [0.2, 0.25) is 0 Å². The summed E-state index contributed by atoms with van der Waals surface area (Å²) in [5.74, 6) is 1.88. The lowest BCUT2D eigenvalue weighted by atomic mass is 10.0. The number of aromatic nitrogens is 4. The Balaban J connectivity index is 1.58. The fourth-order valence-electron chi connectivity index (χ4n) is 4.30. The van der Waals surface area contributed by atoms with Gasteiger partial charge in [-0.3, -0.25) is 4.79 Å². The van der Waals surface area contributed by atoms with E-state index in [1.807, 2.05) is 4.57 Å². The minimum atomic E-state index is -3.33. The lowest BCUT2D eigenvalue weighted by Crippen LogP contribution is -2.39. The molecule has 10 nitrogen and oxygen atoms in total. The van der Waals surface area contributed by atoms with Crippen LogP contribution in [-0.2, 0) is 23.0 Å². The number of carbonyl (C=O) groups is 1. The van der Waals surface area contributed by atoms with Gasteiger partial charge in [0.05, 0.1) is 18.0 Å². The van der Waals surface area contributed by atoms with Gasteiger partial charge in [-0.15, -0.1) is 10.2 Å². The second-order valence-corrected chi connectivity index (χ2v) is 9.69. The highest BCUT2D eigenvalue weighted by molar-refractivity contribution is 7.88. The second-order valence-electron chi connectivity index (χ2n) is 7.75. The van der Waals surface area contributed by atoms with Crippen molar-refractivity contribution >= 4 is 15.9 Å². The first kappa shape index (κ1) is 20.0. The maximum absolute atomic E-state index is 13.0. The maximum atomic E-state index is 13.0. The number of amides is 1. The Morgan fingerprint density at radius 2 is 1.90 bits per heavy atom. The molecule has 2 aliphatic rings. The minimum absolute atomic E-state index is 0.100. The average molecular weight is 423 g/mol. The Labute approximate surface area is 169 Å². The van der Waals surface area contributed by atoms with Crippen molar-refractivity contribution in [1.82, 2.24) is 29.1 Å². The van der Waals surface area contributed by atoms with Crippen molar-refractivity contribution in [2.24, 2.45) is 0 Å². The topological polar surface area (TPSA) is 114 Å². The van der Waals surface area contributed by atoms with E-state index in [1.54, 1.807) is 18.7 Å². The molecule has 1 atom stereocenters. The van der Waals surface area contributed by atoms with Crippen LogP contribution in [0, 0.1) is 13.8 Å². The molecule has 1 unspecified atom stereocenters. The van der Waals surface area contributed by atoms with Crippen LogP contribution < -0.4 is 0 Å². The number of piperidine rings is 1. The van der Waals surface area contributed by atoms with Gasteiger partial charge in [0, 0.05) is 32.6 Å². The highest BCUT2D eigenvalue weighted by Gasteiger charge is 2.35. The van der Waals surface area contributed by atoms with E-state index in [0.717, 1.165) is 25.1 Å². The van der Waals surface area contributed by atoms with Crippen LogP contribution in [0.4, 0.5) is 0 Å². The summed E-state index contributed by atoms with van der Waals surface area (Å²) in [5.41, 5.74) is 1.10. The van der Waals surface area contributed by atoms with Crippen LogP contribution in [0.1, 0.15) is 58.8 Å². The Kier molecular flexibility index (Phi) is 5.19. The van der Waals surface area contributed by atoms with Crippen molar-refractivity contribution in [3.8, 4) is 0 Å². The minimum Gasteiger partial charge on any atom is -0.361 e. The molecular formula is C18H26N6O4S. The van der Waals surface area contributed by atoms with Crippen molar-refractivity contribution in [3.63, 3.8) is 0 Å². The second kappa shape index (κ2) is 7.52. The lowest BCUT2D eigenvalue weighted by Gasteiger charge is -2.33. The van der Waals surface area contributed by atoms with Gasteiger partial charge in [0.1, 0.15) is 17.1 Å². The Bertz CT molecular complexity index is 1010. The van der Waals surface area contributed by atoms with Gasteiger partial charge in [-0.05, 0) is 26.7 Å². The van der Waals surface area contributed by atoms with Crippen LogP contribution >= 0.6 is 0 Å². The molecule has 1 fully saturated rings.